The zero-order valence-electron chi connectivity index (χ0n) is 11.1. The van der Waals surface area contributed by atoms with Gasteiger partial charge in [-0.15, -0.1) is 0 Å². The van der Waals surface area contributed by atoms with Gasteiger partial charge >= 0.3 is 0 Å². The van der Waals surface area contributed by atoms with Crippen molar-refractivity contribution < 1.29 is 0 Å². The van der Waals surface area contributed by atoms with E-state index in [9.17, 15) is 0 Å². The number of allylic oxidation sites excluding steroid dienone is 6. The SMILES string of the molecule is CC=CCC1C=C(C)C=C(CCCCC)C1. The average molecular weight is 218 g/mol. The molecule has 1 unspecified atom stereocenters. The van der Waals surface area contributed by atoms with Gasteiger partial charge in [0.1, 0.15) is 0 Å². The summed E-state index contributed by atoms with van der Waals surface area (Å²) in [5, 5.41) is 0. The van der Waals surface area contributed by atoms with Crippen molar-refractivity contribution in [3.63, 3.8) is 0 Å². The second kappa shape index (κ2) is 7.49. The lowest BCUT2D eigenvalue weighted by atomic mass is 9.86. The summed E-state index contributed by atoms with van der Waals surface area (Å²) in [6.45, 7) is 6.62. The smallest absolute Gasteiger partial charge is 0.0156 e. The number of hydrogen-bond acceptors (Lipinski definition) is 0. The molecule has 0 saturated heterocycles. The molecule has 16 heavy (non-hydrogen) atoms. The highest BCUT2D eigenvalue weighted by Gasteiger charge is 2.12. The van der Waals surface area contributed by atoms with Gasteiger partial charge in [-0.3, -0.25) is 0 Å². The molecule has 90 valence electrons. The molecule has 0 aromatic rings. The van der Waals surface area contributed by atoms with E-state index in [0.29, 0.717) is 0 Å². The highest BCUT2D eigenvalue weighted by atomic mass is 14.2. The van der Waals surface area contributed by atoms with E-state index in [0.717, 1.165) is 5.92 Å². The number of hydrogen-bond donors (Lipinski definition) is 0. The van der Waals surface area contributed by atoms with E-state index >= 15 is 0 Å². The molecular formula is C16H26. The third kappa shape index (κ3) is 4.83. The number of rotatable bonds is 6. The Kier molecular flexibility index (Phi) is 6.22. The first-order valence-corrected chi connectivity index (χ1v) is 6.75. The predicted molar refractivity (Wildman–Crippen MR) is 73.5 cm³/mol. The minimum atomic E-state index is 0.748. The molecule has 0 radical (unpaired) electrons. The van der Waals surface area contributed by atoms with Crippen molar-refractivity contribution >= 4 is 0 Å². The Morgan fingerprint density at radius 2 is 2.19 bits per heavy atom. The van der Waals surface area contributed by atoms with Crippen LogP contribution in [0.2, 0.25) is 0 Å². The van der Waals surface area contributed by atoms with Crippen molar-refractivity contribution in [2.75, 3.05) is 0 Å². The summed E-state index contributed by atoms with van der Waals surface area (Å²) >= 11 is 0. The molecule has 0 amide bonds. The first kappa shape index (κ1) is 13.3. The van der Waals surface area contributed by atoms with Crippen LogP contribution in [0, 0.1) is 5.92 Å². The van der Waals surface area contributed by atoms with E-state index in [2.05, 4.69) is 45.1 Å². The van der Waals surface area contributed by atoms with Crippen molar-refractivity contribution in [2.24, 2.45) is 5.92 Å². The van der Waals surface area contributed by atoms with Crippen molar-refractivity contribution in [1.29, 1.82) is 0 Å². The van der Waals surface area contributed by atoms with Crippen molar-refractivity contribution in [1.82, 2.24) is 0 Å². The Morgan fingerprint density at radius 1 is 1.38 bits per heavy atom. The third-order valence-electron chi connectivity index (χ3n) is 3.23. The van der Waals surface area contributed by atoms with Crippen LogP contribution in [0.15, 0.2) is 35.5 Å². The van der Waals surface area contributed by atoms with Crippen LogP contribution in [0.3, 0.4) is 0 Å². The van der Waals surface area contributed by atoms with Gasteiger partial charge in [-0.1, -0.05) is 55.2 Å². The summed E-state index contributed by atoms with van der Waals surface area (Å²) in [7, 11) is 0. The molecule has 0 heterocycles. The van der Waals surface area contributed by atoms with Crippen molar-refractivity contribution in [3.05, 3.63) is 35.5 Å². The van der Waals surface area contributed by atoms with Gasteiger partial charge in [0.15, 0.2) is 0 Å². The molecule has 0 spiro atoms. The van der Waals surface area contributed by atoms with Crippen LogP contribution < -0.4 is 0 Å². The summed E-state index contributed by atoms with van der Waals surface area (Å²) in [5.74, 6) is 0.748. The fraction of sp³-hybridized carbons (Fsp3) is 0.625. The Morgan fingerprint density at radius 3 is 2.88 bits per heavy atom. The van der Waals surface area contributed by atoms with E-state index in [-0.39, 0.29) is 0 Å². The van der Waals surface area contributed by atoms with E-state index < -0.39 is 0 Å². The molecule has 0 heteroatoms. The van der Waals surface area contributed by atoms with E-state index in [1.165, 1.54) is 44.1 Å². The number of unbranched alkanes of at least 4 members (excludes halogenated alkanes) is 2. The van der Waals surface area contributed by atoms with Crippen LogP contribution >= 0.6 is 0 Å². The van der Waals surface area contributed by atoms with E-state index in [1.54, 1.807) is 5.57 Å². The molecule has 0 bridgehead atoms. The molecule has 1 rings (SSSR count). The average Bonchev–Trinajstić information content (AvgIpc) is 2.26. The Balaban J connectivity index is 2.44. The van der Waals surface area contributed by atoms with Gasteiger partial charge in [0.25, 0.3) is 0 Å². The van der Waals surface area contributed by atoms with Crippen LogP contribution in [-0.2, 0) is 0 Å². The minimum Gasteiger partial charge on any atom is -0.0916 e. The molecule has 0 N–H and O–H groups in total. The summed E-state index contributed by atoms with van der Waals surface area (Å²) in [6.07, 6.45) is 17.2. The highest BCUT2D eigenvalue weighted by Crippen LogP contribution is 2.28. The van der Waals surface area contributed by atoms with Gasteiger partial charge < -0.3 is 0 Å². The highest BCUT2D eigenvalue weighted by molar-refractivity contribution is 5.28. The molecule has 0 aromatic carbocycles. The summed E-state index contributed by atoms with van der Waals surface area (Å²) in [6, 6.07) is 0. The largest absolute Gasteiger partial charge is 0.0916 e. The van der Waals surface area contributed by atoms with Gasteiger partial charge in [-0.05, 0) is 45.4 Å². The lowest BCUT2D eigenvalue weighted by Crippen LogP contribution is -2.03. The molecule has 0 nitrogen and oxygen atoms in total. The molecule has 1 aliphatic rings. The Hall–Kier alpha value is -0.780. The third-order valence-corrected chi connectivity index (χ3v) is 3.23. The fourth-order valence-electron chi connectivity index (χ4n) is 2.44. The minimum absolute atomic E-state index is 0.748. The fourth-order valence-corrected chi connectivity index (χ4v) is 2.44. The maximum atomic E-state index is 2.43. The van der Waals surface area contributed by atoms with Gasteiger partial charge in [0, 0.05) is 0 Å². The van der Waals surface area contributed by atoms with Crippen molar-refractivity contribution in [3.8, 4) is 0 Å². The molecule has 0 aromatic heterocycles. The van der Waals surface area contributed by atoms with Crippen LogP contribution in [0.4, 0.5) is 0 Å². The lowest BCUT2D eigenvalue weighted by molar-refractivity contribution is 0.603. The molecule has 0 fully saturated rings. The van der Waals surface area contributed by atoms with Crippen LogP contribution in [0.25, 0.3) is 0 Å². The molecule has 1 atom stereocenters. The van der Waals surface area contributed by atoms with Crippen LogP contribution in [0.1, 0.15) is 59.3 Å². The van der Waals surface area contributed by atoms with E-state index in [4.69, 9.17) is 0 Å². The van der Waals surface area contributed by atoms with E-state index in [1.807, 2.05) is 0 Å². The van der Waals surface area contributed by atoms with Crippen molar-refractivity contribution in [2.45, 2.75) is 59.3 Å². The molecule has 0 saturated carbocycles. The molecule has 0 aliphatic heterocycles. The van der Waals surface area contributed by atoms with Gasteiger partial charge in [0.05, 0.1) is 0 Å². The predicted octanol–water partition coefficient (Wildman–Crippen LogP) is 5.43. The van der Waals surface area contributed by atoms with Crippen LogP contribution in [-0.4, -0.2) is 0 Å². The van der Waals surface area contributed by atoms with Crippen LogP contribution in [0.5, 0.6) is 0 Å². The Bertz CT molecular complexity index is 278. The normalized spacial score (nSPS) is 21.1. The standard InChI is InChI=1S/C16H26/c1-4-6-8-10-16-12-14(3)11-15(13-16)9-7-5-2/h5,7,11-12,15H,4,6,8-10,13H2,1-3H3. The van der Waals surface area contributed by atoms with Gasteiger partial charge in [0.2, 0.25) is 0 Å². The molecular weight excluding hydrogens is 192 g/mol. The summed E-state index contributed by atoms with van der Waals surface area (Å²) in [4.78, 5) is 0. The second-order valence-corrected chi connectivity index (χ2v) is 4.94. The Labute approximate surface area is 101 Å². The zero-order valence-corrected chi connectivity index (χ0v) is 11.1. The summed E-state index contributed by atoms with van der Waals surface area (Å²) in [5.41, 5.74) is 3.13. The maximum Gasteiger partial charge on any atom is -0.0156 e. The second-order valence-electron chi connectivity index (χ2n) is 4.94. The first-order chi connectivity index (χ1) is 7.76. The zero-order chi connectivity index (χ0) is 11.8. The van der Waals surface area contributed by atoms with Gasteiger partial charge in [-0.25, -0.2) is 0 Å². The lowest BCUT2D eigenvalue weighted by Gasteiger charge is -2.19. The topological polar surface area (TPSA) is 0 Å². The molecule has 1 aliphatic carbocycles. The summed E-state index contributed by atoms with van der Waals surface area (Å²) < 4.78 is 0. The maximum absolute atomic E-state index is 2.43. The van der Waals surface area contributed by atoms with Gasteiger partial charge in [-0.2, -0.15) is 0 Å². The quantitative estimate of drug-likeness (QED) is 0.412. The first-order valence-electron chi connectivity index (χ1n) is 6.75. The monoisotopic (exact) mass is 218 g/mol.